The van der Waals surface area contributed by atoms with Crippen LogP contribution in [-0.4, -0.2) is 53.4 Å². The van der Waals surface area contributed by atoms with Gasteiger partial charge in [0.1, 0.15) is 17.8 Å². The van der Waals surface area contributed by atoms with E-state index in [1.807, 2.05) is 12.1 Å². The highest BCUT2D eigenvalue weighted by molar-refractivity contribution is 5.91. The van der Waals surface area contributed by atoms with E-state index in [1.54, 1.807) is 25.4 Å². The minimum atomic E-state index is -0.942. The predicted molar refractivity (Wildman–Crippen MR) is 120 cm³/mol. The van der Waals surface area contributed by atoms with E-state index in [1.165, 1.54) is 6.33 Å². The fraction of sp³-hybridized carbons (Fsp3) is 0.455. The minimum absolute atomic E-state index is 0.170. The van der Waals surface area contributed by atoms with Crippen molar-refractivity contribution in [2.24, 2.45) is 11.5 Å². The van der Waals surface area contributed by atoms with Gasteiger partial charge in [0, 0.05) is 31.2 Å². The average Bonchev–Trinajstić information content (AvgIpc) is 3.29. The number of H-pyrrole nitrogens is 1. The number of rotatable bonds is 14. The molecule has 0 aliphatic heterocycles. The first-order valence-electron chi connectivity index (χ1n) is 10.6. The van der Waals surface area contributed by atoms with Crippen LogP contribution >= 0.6 is 0 Å². The first kappa shape index (κ1) is 24.9. The van der Waals surface area contributed by atoms with Gasteiger partial charge in [0.25, 0.3) is 0 Å². The third-order valence-electron chi connectivity index (χ3n) is 5.00. The zero-order valence-corrected chi connectivity index (χ0v) is 18.3. The summed E-state index contributed by atoms with van der Waals surface area (Å²) in [7, 11) is 1.57. The van der Waals surface area contributed by atoms with Crippen molar-refractivity contribution in [2.75, 3.05) is 13.7 Å². The molecule has 0 fully saturated rings. The molecule has 1 aromatic carbocycles. The Morgan fingerprint density at radius 1 is 1.06 bits per heavy atom. The van der Waals surface area contributed by atoms with Crippen molar-refractivity contribution in [3.63, 3.8) is 0 Å². The van der Waals surface area contributed by atoms with E-state index in [4.69, 9.17) is 16.2 Å². The van der Waals surface area contributed by atoms with Crippen LogP contribution in [0, 0.1) is 0 Å². The number of amides is 3. The molecular weight excluding hydrogens is 412 g/mol. The van der Waals surface area contributed by atoms with Crippen LogP contribution in [0.15, 0.2) is 36.8 Å². The van der Waals surface area contributed by atoms with Gasteiger partial charge in [0.15, 0.2) is 0 Å². The van der Waals surface area contributed by atoms with Gasteiger partial charge in [-0.2, -0.15) is 0 Å². The van der Waals surface area contributed by atoms with Crippen molar-refractivity contribution >= 4 is 17.7 Å². The van der Waals surface area contributed by atoms with Gasteiger partial charge < -0.3 is 31.8 Å². The molecule has 1 heterocycles. The topological polar surface area (TPSA) is 165 Å². The predicted octanol–water partition coefficient (Wildman–Crippen LogP) is 0.178. The lowest BCUT2D eigenvalue weighted by Gasteiger charge is -2.22. The van der Waals surface area contributed by atoms with Crippen LogP contribution < -0.4 is 26.8 Å². The molecule has 32 heavy (non-hydrogen) atoms. The Labute approximate surface area is 187 Å². The Balaban J connectivity index is 2.08. The third kappa shape index (κ3) is 8.38. The fourth-order valence-electron chi connectivity index (χ4n) is 3.19. The molecule has 2 rings (SSSR count). The molecule has 10 nitrogen and oxygen atoms in total. The van der Waals surface area contributed by atoms with Gasteiger partial charge in [-0.3, -0.25) is 14.4 Å². The average molecular weight is 445 g/mol. The first-order chi connectivity index (χ1) is 15.4. The Morgan fingerprint density at radius 2 is 1.81 bits per heavy atom. The number of carbonyl (C=O) groups is 3. The van der Waals surface area contributed by atoms with Crippen molar-refractivity contribution in [3.05, 3.63) is 48.0 Å². The summed E-state index contributed by atoms with van der Waals surface area (Å²) >= 11 is 0. The van der Waals surface area contributed by atoms with Crippen LogP contribution in [0.2, 0.25) is 0 Å². The fourth-order valence-corrected chi connectivity index (χ4v) is 3.19. The van der Waals surface area contributed by atoms with E-state index in [-0.39, 0.29) is 18.7 Å². The Bertz CT molecular complexity index is 854. The second kappa shape index (κ2) is 13.1. The maximum atomic E-state index is 13.0. The number of imidazole rings is 1. The molecule has 0 aliphatic rings. The Kier molecular flexibility index (Phi) is 10.2. The van der Waals surface area contributed by atoms with Crippen molar-refractivity contribution in [3.8, 4) is 5.75 Å². The van der Waals surface area contributed by atoms with E-state index < -0.39 is 23.9 Å². The molecule has 7 N–H and O–H groups in total. The van der Waals surface area contributed by atoms with Crippen LogP contribution in [-0.2, 0) is 27.2 Å². The normalized spacial score (nSPS) is 12.6. The molecule has 0 saturated carbocycles. The number of benzene rings is 1. The Hall–Kier alpha value is -3.40. The highest BCUT2D eigenvalue weighted by Crippen LogP contribution is 2.13. The lowest BCUT2D eigenvalue weighted by molar-refractivity contribution is -0.131. The standard InChI is InChI=1S/C22H32N6O4/c1-32-17-8-6-15(7-9-17)11-19(27-20(29)5-3-2-4-10-23)22(31)28-18(21(24)30)12-16-13-25-14-26-16/h6-9,13-14,18-19H,2-5,10-12,23H2,1H3,(H2,24,30)(H,25,26)(H,27,29)(H,28,31)/t18-,19-/m0/s1. The highest BCUT2D eigenvalue weighted by Gasteiger charge is 2.26. The molecule has 2 aromatic rings. The van der Waals surface area contributed by atoms with Crippen LogP contribution in [0.4, 0.5) is 0 Å². The van der Waals surface area contributed by atoms with Gasteiger partial charge in [-0.05, 0) is 37.1 Å². The summed E-state index contributed by atoms with van der Waals surface area (Å²) in [4.78, 5) is 44.2. The summed E-state index contributed by atoms with van der Waals surface area (Å²) in [5.41, 5.74) is 12.5. The van der Waals surface area contributed by atoms with Crippen molar-refractivity contribution in [2.45, 2.75) is 50.6 Å². The van der Waals surface area contributed by atoms with Crippen LogP contribution in [0.1, 0.15) is 36.9 Å². The molecule has 0 spiro atoms. The molecule has 10 heteroatoms. The molecule has 1 aromatic heterocycles. The van der Waals surface area contributed by atoms with Crippen LogP contribution in [0.25, 0.3) is 0 Å². The number of nitrogens with two attached hydrogens (primary N) is 2. The number of methoxy groups -OCH3 is 1. The molecule has 0 unspecified atom stereocenters. The number of primary amides is 1. The molecule has 0 bridgehead atoms. The molecule has 2 atom stereocenters. The van der Waals surface area contributed by atoms with Gasteiger partial charge >= 0.3 is 0 Å². The quantitative estimate of drug-likeness (QED) is 0.261. The Morgan fingerprint density at radius 3 is 2.41 bits per heavy atom. The van der Waals surface area contributed by atoms with Gasteiger partial charge in [0.05, 0.1) is 13.4 Å². The highest BCUT2D eigenvalue weighted by atomic mass is 16.5. The lowest BCUT2D eigenvalue weighted by atomic mass is 10.0. The van der Waals surface area contributed by atoms with Gasteiger partial charge in [-0.25, -0.2) is 4.98 Å². The third-order valence-corrected chi connectivity index (χ3v) is 5.00. The molecule has 174 valence electrons. The summed E-state index contributed by atoms with van der Waals surface area (Å²) in [6.45, 7) is 0.578. The van der Waals surface area contributed by atoms with Crippen LogP contribution in [0.5, 0.6) is 5.75 Å². The lowest BCUT2D eigenvalue weighted by Crippen LogP contribution is -2.54. The SMILES string of the molecule is COc1ccc(C[C@H](NC(=O)CCCCCN)C(=O)N[C@@H](Cc2cnc[nH]2)C(N)=O)cc1. The molecule has 0 radical (unpaired) electrons. The van der Waals surface area contributed by atoms with E-state index in [0.29, 0.717) is 30.8 Å². The van der Waals surface area contributed by atoms with Crippen LogP contribution in [0.3, 0.4) is 0 Å². The molecular formula is C22H32N6O4. The number of aromatic amines is 1. The van der Waals surface area contributed by atoms with Gasteiger partial charge in [-0.15, -0.1) is 0 Å². The number of carbonyl (C=O) groups excluding carboxylic acids is 3. The summed E-state index contributed by atoms with van der Waals surface area (Å²) in [6, 6.07) is 5.40. The smallest absolute Gasteiger partial charge is 0.243 e. The zero-order chi connectivity index (χ0) is 23.3. The molecule has 3 amide bonds. The van der Waals surface area contributed by atoms with E-state index in [2.05, 4.69) is 20.6 Å². The largest absolute Gasteiger partial charge is 0.497 e. The van der Waals surface area contributed by atoms with Crippen molar-refractivity contribution in [1.82, 2.24) is 20.6 Å². The van der Waals surface area contributed by atoms with Gasteiger partial charge in [0.2, 0.25) is 17.7 Å². The number of hydrogen-bond donors (Lipinski definition) is 5. The number of aromatic nitrogens is 2. The maximum Gasteiger partial charge on any atom is 0.243 e. The monoisotopic (exact) mass is 444 g/mol. The number of unbranched alkanes of at least 4 members (excludes halogenated alkanes) is 2. The van der Waals surface area contributed by atoms with Gasteiger partial charge in [-0.1, -0.05) is 18.6 Å². The molecule has 0 aliphatic carbocycles. The van der Waals surface area contributed by atoms with E-state index in [9.17, 15) is 14.4 Å². The summed E-state index contributed by atoms with van der Waals surface area (Å²) < 4.78 is 5.16. The van der Waals surface area contributed by atoms with Crippen molar-refractivity contribution < 1.29 is 19.1 Å². The first-order valence-corrected chi connectivity index (χ1v) is 10.6. The summed E-state index contributed by atoms with van der Waals surface area (Å²) in [5.74, 6) is -0.712. The number of nitrogens with zero attached hydrogens (tertiary/aromatic N) is 1. The zero-order valence-electron chi connectivity index (χ0n) is 18.3. The number of hydrogen-bond acceptors (Lipinski definition) is 6. The minimum Gasteiger partial charge on any atom is -0.497 e. The maximum absolute atomic E-state index is 13.0. The second-order valence-electron chi connectivity index (χ2n) is 7.52. The van der Waals surface area contributed by atoms with Crippen molar-refractivity contribution in [1.29, 1.82) is 0 Å². The second-order valence-corrected chi connectivity index (χ2v) is 7.52. The van der Waals surface area contributed by atoms with E-state index >= 15 is 0 Å². The molecule has 0 saturated heterocycles. The number of ether oxygens (including phenoxy) is 1. The van der Waals surface area contributed by atoms with E-state index in [0.717, 1.165) is 18.4 Å². The number of nitrogens with one attached hydrogen (secondary N) is 3. The summed E-state index contributed by atoms with van der Waals surface area (Å²) in [6.07, 6.45) is 6.11. The summed E-state index contributed by atoms with van der Waals surface area (Å²) in [5, 5.41) is 5.45.